The number of rotatable bonds is 3. The first-order valence-corrected chi connectivity index (χ1v) is 6.25. The summed E-state index contributed by atoms with van der Waals surface area (Å²) in [6.07, 6.45) is 2.75. The van der Waals surface area contributed by atoms with Crippen molar-refractivity contribution in [2.75, 3.05) is 12.4 Å². The minimum atomic E-state index is -0.389. The van der Waals surface area contributed by atoms with E-state index >= 15 is 0 Å². The Bertz CT molecular complexity index is 814. The van der Waals surface area contributed by atoms with Crippen molar-refractivity contribution in [3.63, 3.8) is 0 Å². The van der Waals surface area contributed by atoms with Crippen LogP contribution >= 0.6 is 0 Å². The van der Waals surface area contributed by atoms with Crippen LogP contribution in [0.5, 0.6) is 5.75 Å². The second kappa shape index (κ2) is 5.24. The molecule has 0 aliphatic carbocycles. The van der Waals surface area contributed by atoms with Crippen LogP contribution in [0.4, 0.5) is 10.1 Å². The molecule has 0 atom stereocenters. The summed E-state index contributed by atoms with van der Waals surface area (Å²) >= 11 is 0. The molecule has 1 aromatic carbocycles. The van der Waals surface area contributed by atoms with Crippen molar-refractivity contribution >= 4 is 17.2 Å². The quantitative estimate of drug-likeness (QED) is 0.805. The monoisotopic (exact) mass is 285 g/mol. The lowest BCUT2D eigenvalue weighted by atomic mass is 10.3. The maximum Gasteiger partial charge on any atom is 0.275 e. The topological polar surface area (TPSA) is 55.6 Å². The van der Waals surface area contributed by atoms with Gasteiger partial charge in [0.2, 0.25) is 0 Å². The number of carbonyl (C=O) groups is 1. The van der Waals surface area contributed by atoms with E-state index in [0.29, 0.717) is 17.1 Å². The summed E-state index contributed by atoms with van der Waals surface area (Å²) in [6, 6.07) is 9.81. The van der Waals surface area contributed by atoms with Crippen LogP contribution in [-0.2, 0) is 0 Å². The Labute approximate surface area is 120 Å². The average Bonchev–Trinajstić information content (AvgIpc) is 2.90. The van der Waals surface area contributed by atoms with E-state index < -0.39 is 0 Å². The molecule has 0 aliphatic heterocycles. The lowest BCUT2D eigenvalue weighted by molar-refractivity contribution is 0.102. The first kappa shape index (κ1) is 13.1. The highest BCUT2D eigenvalue weighted by molar-refractivity contribution is 6.03. The number of hydrogen-bond acceptors (Lipinski definition) is 3. The summed E-state index contributed by atoms with van der Waals surface area (Å²) in [5.41, 5.74) is 1.32. The fraction of sp³-hybridized carbons (Fsp3) is 0.0667. The van der Waals surface area contributed by atoms with Gasteiger partial charge in [0.1, 0.15) is 22.9 Å². The van der Waals surface area contributed by atoms with Crippen molar-refractivity contribution in [2.24, 2.45) is 0 Å². The Morgan fingerprint density at radius 2 is 2.14 bits per heavy atom. The number of anilines is 1. The van der Waals surface area contributed by atoms with Gasteiger partial charge in [0.25, 0.3) is 5.91 Å². The SMILES string of the molecule is COc1cccc(NC(=O)c2cn3cc(F)ccc3n2)c1. The van der Waals surface area contributed by atoms with Crippen molar-refractivity contribution in [3.05, 3.63) is 60.3 Å². The molecular weight excluding hydrogens is 273 g/mol. The number of methoxy groups -OCH3 is 1. The lowest BCUT2D eigenvalue weighted by Crippen LogP contribution is -2.12. The highest BCUT2D eigenvalue weighted by Crippen LogP contribution is 2.17. The molecule has 106 valence electrons. The number of fused-ring (bicyclic) bond motifs is 1. The number of hydrogen-bond donors (Lipinski definition) is 1. The van der Waals surface area contributed by atoms with Gasteiger partial charge in [-0.3, -0.25) is 4.79 Å². The van der Waals surface area contributed by atoms with Gasteiger partial charge >= 0.3 is 0 Å². The third-order valence-corrected chi connectivity index (χ3v) is 2.98. The zero-order valence-electron chi connectivity index (χ0n) is 11.2. The van der Waals surface area contributed by atoms with Crippen LogP contribution in [0.15, 0.2) is 48.8 Å². The summed E-state index contributed by atoms with van der Waals surface area (Å²) in [4.78, 5) is 16.3. The largest absolute Gasteiger partial charge is 0.497 e. The van der Waals surface area contributed by atoms with Gasteiger partial charge in [0.15, 0.2) is 0 Å². The van der Waals surface area contributed by atoms with E-state index in [1.54, 1.807) is 31.4 Å². The zero-order chi connectivity index (χ0) is 14.8. The normalized spacial score (nSPS) is 10.6. The Morgan fingerprint density at radius 1 is 1.29 bits per heavy atom. The molecule has 1 N–H and O–H groups in total. The standard InChI is InChI=1S/C15H12FN3O2/c1-21-12-4-2-3-11(7-12)17-15(20)13-9-19-8-10(16)5-6-14(19)18-13/h2-9H,1H3,(H,17,20). The molecule has 21 heavy (non-hydrogen) atoms. The van der Waals surface area contributed by atoms with Crippen molar-refractivity contribution in [2.45, 2.75) is 0 Å². The fourth-order valence-corrected chi connectivity index (χ4v) is 1.97. The summed E-state index contributed by atoms with van der Waals surface area (Å²) in [5.74, 6) is -0.114. The number of pyridine rings is 1. The maximum absolute atomic E-state index is 13.1. The molecule has 0 fully saturated rings. The Morgan fingerprint density at radius 3 is 2.95 bits per heavy atom. The van der Waals surface area contributed by atoms with Crippen molar-refractivity contribution in [3.8, 4) is 5.75 Å². The van der Waals surface area contributed by atoms with Crippen molar-refractivity contribution < 1.29 is 13.9 Å². The van der Waals surface area contributed by atoms with Crippen molar-refractivity contribution in [1.29, 1.82) is 0 Å². The van der Waals surface area contributed by atoms with E-state index in [-0.39, 0.29) is 17.4 Å². The highest BCUT2D eigenvalue weighted by Gasteiger charge is 2.11. The number of halogens is 1. The summed E-state index contributed by atoms with van der Waals surface area (Å²) in [7, 11) is 1.55. The molecule has 3 rings (SSSR count). The molecule has 0 saturated heterocycles. The number of nitrogens with one attached hydrogen (secondary N) is 1. The predicted octanol–water partition coefficient (Wildman–Crippen LogP) is 2.73. The number of amides is 1. The molecule has 6 heteroatoms. The average molecular weight is 285 g/mol. The van der Waals surface area contributed by atoms with Gasteiger partial charge in [-0.05, 0) is 24.3 Å². The summed E-state index contributed by atoms with van der Waals surface area (Å²) in [6.45, 7) is 0. The molecule has 0 radical (unpaired) electrons. The lowest BCUT2D eigenvalue weighted by Gasteiger charge is -2.05. The van der Waals surface area contributed by atoms with Crippen LogP contribution in [0.2, 0.25) is 0 Å². The van der Waals surface area contributed by atoms with E-state index in [9.17, 15) is 9.18 Å². The van der Waals surface area contributed by atoms with Crippen LogP contribution in [0.25, 0.3) is 5.65 Å². The number of nitrogens with zero attached hydrogens (tertiary/aromatic N) is 2. The molecule has 5 nitrogen and oxygen atoms in total. The highest BCUT2D eigenvalue weighted by atomic mass is 19.1. The molecular formula is C15H12FN3O2. The third kappa shape index (κ3) is 2.69. The Hall–Kier alpha value is -2.89. The molecule has 0 bridgehead atoms. The van der Waals surface area contributed by atoms with Crippen LogP contribution in [0.1, 0.15) is 10.5 Å². The first-order chi connectivity index (χ1) is 10.2. The number of ether oxygens (including phenoxy) is 1. The number of aromatic nitrogens is 2. The predicted molar refractivity (Wildman–Crippen MR) is 76.1 cm³/mol. The summed E-state index contributed by atoms with van der Waals surface area (Å²) < 4.78 is 19.7. The summed E-state index contributed by atoms with van der Waals surface area (Å²) in [5, 5.41) is 2.72. The van der Waals surface area contributed by atoms with E-state index in [4.69, 9.17) is 4.74 Å². The van der Waals surface area contributed by atoms with E-state index in [0.717, 1.165) is 0 Å². The van der Waals surface area contributed by atoms with Gasteiger partial charge < -0.3 is 14.5 Å². The minimum Gasteiger partial charge on any atom is -0.497 e. The van der Waals surface area contributed by atoms with Crippen molar-refractivity contribution in [1.82, 2.24) is 9.38 Å². The first-order valence-electron chi connectivity index (χ1n) is 6.25. The number of carbonyl (C=O) groups excluding carboxylic acids is 1. The maximum atomic E-state index is 13.1. The van der Waals surface area contributed by atoms with Gasteiger partial charge in [-0.1, -0.05) is 6.07 Å². The number of benzene rings is 1. The second-order valence-corrected chi connectivity index (χ2v) is 4.43. The second-order valence-electron chi connectivity index (χ2n) is 4.43. The minimum absolute atomic E-state index is 0.211. The Balaban J connectivity index is 1.86. The van der Waals surface area contributed by atoms with Gasteiger partial charge in [-0.2, -0.15) is 0 Å². The van der Waals surface area contributed by atoms with Crippen LogP contribution < -0.4 is 10.1 Å². The van der Waals surface area contributed by atoms with Gasteiger partial charge in [0, 0.05) is 24.1 Å². The fourth-order valence-electron chi connectivity index (χ4n) is 1.97. The molecule has 1 amide bonds. The molecule has 0 saturated carbocycles. The molecule has 0 spiro atoms. The zero-order valence-corrected chi connectivity index (χ0v) is 11.2. The molecule has 3 aromatic rings. The third-order valence-electron chi connectivity index (χ3n) is 2.98. The molecule has 0 unspecified atom stereocenters. The molecule has 0 aliphatic rings. The molecule has 2 aromatic heterocycles. The Kier molecular flexibility index (Phi) is 3.27. The molecule has 2 heterocycles. The van der Waals surface area contributed by atoms with Gasteiger partial charge in [-0.25, -0.2) is 9.37 Å². The van der Waals surface area contributed by atoms with E-state index in [1.807, 2.05) is 0 Å². The van der Waals surface area contributed by atoms with Crippen LogP contribution in [-0.4, -0.2) is 22.4 Å². The van der Waals surface area contributed by atoms with E-state index in [1.165, 1.54) is 28.9 Å². The van der Waals surface area contributed by atoms with Gasteiger partial charge in [0.05, 0.1) is 7.11 Å². The van der Waals surface area contributed by atoms with Gasteiger partial charge in [-0.15, -0.1) is 0 Å². The van der Waals surface area contributed by atoms with Crippen LogP contribution in [0.3, 0.4) is 0 Å². The van der Waals surface area contributed by atoms with E-state index in [2.05, 4.69) is 10.3 Å². The number of imidazole rings is 1. The smallest absolute Gasteiger partial charge is 0.275 e. The van der Waals surface area contributed by atoms with Crippen LogP contribution in [0, 0.1) is 5.82 Å².